The van der Waals surface area contributed by atoms with Crippen LogP contribution in [0.4, 0.5) is 0 Å². The maximum atomic E-state index is 2.48. The van der Waals surface area contributed by atoms with Crippen molar-refractivity contribution in [2.45, 2.75) is 78.3 Å². The molecule has 0 fully saturated rings. The number of rotatable bonds is 7. The summed E-state index contributed by atoms with van der Waals surface area (Å²) in [5.74, 6) is 2.35. The van der Waals surface area contributed by atoms with Crippen molar-refractivity contribution < 1.29 is 18.9 Å². The summed E-state index contributed by atoms with van der Waals surface area (Å²) < 4.78 is 0. The fraction of sp³-hybridized carbons (Fsp3) is 0.667. The van der Waals surface area contributed by atoms with Crippen LogP contribution >= 0.6 is 0 Å². The second-order valence-corrected chi connectivity index (χ2v) is 6.64. The molecule has 20 heavy (non-hydrogen) atoms. The van der Waals surface area contributed by atoms with Crippen molar-refractivity contribution >= 4 is 11.6 Å². The van der Waals surface area contributed by atoms with E-state index in [1.165, 1.54) is 19.3 Å². The summed E-state index contributed by atoms with van der Waals surface area (Å²) >= 11 is 0. The molecule has 0 nitrogen and oxygen atoms in total. The summed E-state index contributed by atoms with van der Waals surface area (Å²) in [6, 6.07) is 11.3. The van der Waals surface area contributed by atoms with Crippen LogP contribution in [0.5, 0.6) is 0 Å². The van der Waals surface area contributed by atoms with Gasteiger partial charge in [-0.2, -0.15) is 17.5 Å². The van der Waals surface area contributed by atoms with E-state index in [1.54, 1.807) is 5.46 Å². The monoisotopic (exact) mass is 266 g/mol. The van der Waals surface area contributed by atoms with E-state index >= 15 is 0 Å². The summed E-state index contributed by atoms with van der Waals surface area (Å²) in [5, 5.41) is 0. The summed E-state index contributed by atoms with van der Waals surface area (Å²) in [4.78, 5) is 0. The average Bonchev–Trinajstić information content (AvgIpc) is 2.47. The smallest absolute Gasteiger partial charge is 0.209 e. The SMILES string of the molecule is CCC(C)[B-](c1ccccc1)(C(C)CC)C(C)CC.[Li+]. The standard InChI is InChI=1S/C18H32B.Li/c1-7-15(4)19(16(5)8-2,17(6)9-3)18-13-11-10-12-14-18;/h10-17H,7-9H2,1-6H3;/q-1;+1. The molecule has 0 heterocycles. The Hall–Kier alpha value is -0.118. The minimum Gasteiger partial charge on any atom is -0.209 e. The minimum atomic E-state index is -0.491. The molecular formula is C18H32BLi. The molecule has 108 valence electrons. The van der Waals surface area contributed by atoms with E-state index in [1.807, 2.05) is 0 Å². The van der Waals surface area contributed by atoms with Crippen LogP contribution in [0.15, 0.2) is 30.3 Å². The fourth-order valence-corrected chi connectivity index (χ4v) is 4.62. The molecule has 0 bridgehead atoms. The van der Waals surface area contributed by atoms with E-state index in [0.29, 0.717) is 0 Å². The van der Waals surface area contributed by atoms with Gasteiger partial charge in [-0.15, -0.1) is 0 Å². The second-order valence-electron chi connectivity index (χ2n) is 6.64. The van der Waals surface area contributed by atoms with E-state index < -0.39 is 6.15 Å². The minimum absolute atomic E-state index is 0. The zero-order chi connectivity index (χ0) is 14.5. The van der Waals surface area contributed by atoms with Crippen LogP contribution in [-0.2, 0) is 0 Å². The van der Waals surface area contributed by atoms with Gasteiger partial charge in [-0.3, -0.25) is 0 Å². The summed E-state index contributed by atoms with van der Waals surface area (Å²) in [6.07, 6.45) is 3.35. The van der Waals surface area contributed by atoms with Crippen LogP contribution in [0.2, 0.25) is 17.5 Å². The third kappa shape index (κ3) is 3.55. The molecule has 0 aliphatic rings. The molecule has 1 aromatic rings. The average molecular weight is 266 g/mol. The van der Waals surface area contributed by atoms with Crippen molar-refractivity contribution in [3.8, 4) is 0 Å². The van der Waals surface area contributed by atoms with Gasteiger partial charge in [0.25, 0.3) is 0 Å². The zero-order valence-corrected chi connectivity index (χ0v) is 14.8. The van der Waals surface area contributed by atoms with Gasteiger partial charge >= 0.3 is 18.9 Å². The van der Waals surface area contributed by atoms with Crippen molar-refractivity contribution in [2.75, 3.05) is 0 Å². The van der Waals surface area contributed by atoms with Crippen molar-refractivity contribution in [1.82, 2.24) is 0 Å². The normalized spacial score (nSPS) is 18.5. The molecule has 3 atom stereocenters. The molecule has 0 saturated carbocycles. The second kappa shape index (κ2) is 9.01. The Kier molecular flexibility index (Phi) is 8.96. The topological polar surface area (TPSA) is 0 Å². The Morgan fingerprint density at radius 1 is 0.750 bits per heavy atom. The summed E-state index contributed by atoms with van der Waals surface area (Å²) in [5.41, 5.74) is 1.61. The van der Waals surface area contributed by atoms with Crippen LogP contribution < -0.4 is 24.3 Å². The van der Waals surface area contributed by atoms with Gasteiger partial charge in [0.15, 0.2) is 0 Å². The molecule has 3 unspecified atom stereocenters. The van der Waals surface area contributed by atoms with Gasteiger partial charge in [-0.1, -0.05) is 91.1 Å². The summed E-state index contributed by atoms with van der Waals surface area (Å²) in [7, 11) is 0. The third-order valence-electron chi connectivity index (χ3n) is 6.13. The van der Waals surface area contributed by atoms with Gasteiger partial charge < -0.3 is 0 Å². The maximum Gasteiger partial charge on any atom is 1.00 e. The van der Waals surface area contributed by atoms with Crippen LogP contribution in [0.25, 0.3) is 0 Å². The quantitative estimate of drug-likeness (QED) is 0.666. The van der Waals surface area contributed by atoms with E-state index in [4.69, 9.17) is 0 Å². The van der Waals surface area contributed by atoms with E-state index in [9.17, 15) is 0 Å². The fourth-order valence-electron chi connectivity index (χ4n) is 4.62. The molecule has 0 saturated heterocycles. The first-order valence-corrected chi connectivity index (χ1v) is 8.28. The van der Waals surface area contributed by atoms with Crippen molar-refractivity contribution in [3.05, 3.63) is 30.3 Å². The Balaban J connectivity index is 0.00000361. The van der Waals surface area contributed by atoms with Crippen LogP contribution in [-0.4, -0.2) is 6.15 Å². The zero-order valence-electron chi connectivity index (χ0n) is 14.8. The molecule has 0 N–H and O–H groups in total. The van der Waals surface area contributed by atoms with Crippen molar-refractivity contribution in [2.24, 2.45) is 0 Å². The van der Waals surface area contributed by atoms with Crippen molar-refractivity contribution in [3.63, 3.8) is 0 Å². The van der Waals surface area contributed by atoms with Gasteiger partial charge in [0.2, 0.25) is 0 Å². The maximum absolute atomic E-state index is 2.48. The first-order chi connectivity index (χ1) is 9.05. The largest absolute Gasteiger partial charge is 1.00 e. The number of hydrogen-bond donors (Lipinski definition) is 0. The van der Waals surface area contributed by atoms with Gasteiger partial charge in [-0.05, 0) is 0 Å². The predicted molar refractivity (Wildman–Crippen MR) is 91.0 cm³/mol. The summed E-state index contributed by atoms with van der Waals surface area (Å²) in [6.45, 7) is 14.5. The van der Waals surface area contributed by atoms with Crippen molar-refractivity contribution in [1.29, 1.82) is 0 Å². The van der Waals surface area contributed by atoms with Crippen LogP contribution in [0, 0.1) is 0 Å². The van der Waals surface area contributed by atoms with Gasteiger partial charge in [-0.25, -0.2) is 5.46 Å². The van der Waals surface area contributed by atoms with Crippen LogP contribution in [0.1, 0.15) is 60.8 Å². The van der Waals surface area contributed by atoms with E-state index in [-0.39, 0.29) is 18.9 Å². The Morgan fingerprint density at radius 3 is 1.40 bits per heavy atom. The third-order valence-corrected chi connectivity index (χ3v) is 6.13. The first kappa shape index (κ1) is 19.9. The Labute approximate surface area is 139 Å². The van der Waals surface area contributed by atoms with Gasteiger partial charge in [0, 0.05) is 6.15 Å². The number of hydrogen-bond acceptors (Lipinski definition) is 0. The number of benzene rings is 1. The molecule has 0 aromatic heterocycles. The van der Waals surface area contributed by atoms with Gasteiger partial charge in [0.05, 0.1) is 0 Å². The molecule has 0 radical (unpaired) electrons. The molecular weight excluding hydrogens is 234 g/mol. The molecule has 0 aliphatic carbocycles. The molecule has 0 spiro atoms. The van der Waals surface area contributed by atoms with E-state index in [0.717, 1.165) is 17.5 Å². The molecule has 2 heteroatoms. The molecule has 0 aliphatic heterocycles. The predicted octanol–water partition coefficient (Wildman–Crippen LogP) is 2.75. The van der Waals surface area contributed by atoms with Crippen LogP contribution in [0.3, 0.4) is 0 Å². The Morgan fingerprint density at radius 2 is 1.10 bits per heavy atom. The van der Waals surface area contributed by atoms with E-state index in [2.05, 4.69) is 71.9 Å². The molecule has 1 aromatic carbocycles. The Bertz CT molecular complexity index is 336. The first-order valence-electron chi connectivity index (χ1n) is 8.28. The molecule has 1 rings (SSSR count). The van der Waals surface area contributed by atoms with Gasteiger partial charge in [0.1, 0.15) is 0 Å². The molecule has 0 amide bonds.